The molecule has 4 heteroatoms. The predicted molar refractivity (Wildman–Crippen MR) is 74.9 cm³/mol. The Morgan fingerprint density at radius 1 is 1.26 bits per heavy atom. The highest BCUT2D eigenvalue weighted by molar-refractivity contribution is 5.75. The number of aromatic hydroxyl groups is 1. The highest BCUT2D eigenvalue weighted by atomic mass is 16.5. The van der Waals surface area contributed by atoms with Crippen molar-refractivity contribution >= 4 is 5.97 Å². The Morgan fingerprint density at radius 3 is 2.32 bits per heavy atom. The van der Waals surface area contributed by atoms with Gasteiger partial charge >= 0.3 is 5.97 Å². The molecule has 0 bridgehead atoms. The Bertz CT molecular complexity index is 400. The van der Waals surface area contributed by atoms with E-state index in [1.54, 1.807) is 12.1 Å². The number of esters is 1. The first-order chi connectivity index (χ1) is 8.93. The molecule has 0 spiro atoms. The molecule has 0 heterocycles. The van der Waals surface area contributed by atoms with Crippen LogP contribution in [0.25, 0.3) is 0 Å². The highest BCUT2D eigenvalue weighted by Gasteiger charge is 2.22. The Kier molecular flexibility index (Phi) is 5.83. The summed E-state index contributed by atoms with van der Waals surface area (Å²) in [7, 11) is 1.41. The Morgan fingerprint density at radius 2 is 1.84 bits per heavy atom. The second-order valence-electron chi connectivity index (χ2n) is 5.19. The first kappa shape index (κ1) is 15.5. The molecule has 0 saturated heterocycles. The zero-order chi connectivity index (χ0) is 14.4. The average molecular weight is 265 g/mol. The van der Waals surface area contributed by atoms with Crippen molar-refractivity contribution in [2.45, 2.75) is 39.3 Å². The third-order valence-electron chi connectivity index (χ3n) is 3.04. The molecule has 1 aromatic carbocycles. The fourth-order valence-electron chi connectivity index (χ4n) is 2.01. The van der Waals surface area contributed by atoms with Crippen molar-refractivity contribution in [3.63, 3.8) is 0 Å². The summed E-state index contributed by atoms with van der Waals surface area (Å²) < 4.78 is 4.83. The minimum atomic E-state index is -0.311. The summed E-state index contributed by atoms with van der Waals surface area (Å²) in [4.78, 5) is 11.7. The van der Waals surface area contributed by atoms with Gasteiger partial charge in [0.15, 0.2) is 0 Å². The smallest absolute Gasteiger partial charge is 0.322 e. The van der Waals surface area contributed by atoms with E-state index in [4.69, 9.17) is 4.74 Å². The molecular formula is C15H23NO3. The van der Waals surface area contributed by atoms with Gasteiger partial charge in [-0.3, -0.25) is 10.1 Å². The SMILES string of the molecule is COC(=O)C(CC(C)C)NC(C)c1ccc(O)cc1. The lowest BCUT2D eigenvalue weighted by atomic mass is 10.0. The van der Waals surface area contributed by atoms with Gasteiger partial charge in [-0.1, -0.05) is 26.0 Å². The van der Waals surface area contributed by atoms with Crippen molar-refractivity contribution in [1.29, 1.82) is 0 Å². The molecule has 0 aliphatic carbocycles. The van der Waals surface area contributed by atoms with Crippen LogP contribution in [0.3, 0.4) is 0 Å². The number of phenolic OH excluding ortho intramolecular Hbond substituents is 1. The number of hydrogen-bond acceptors (Lipinski definition) is 4. The van der Waals surface area contributed by atoms with Gasteiger partial charge in [0.25, 0.3) is 0 Å². The van der Waals surface area contributed by atoms with Gasteiger partial charge in [0.05, 0.1) is 7.11 Å². The van der Waals surface area contributed by atoms with Gasteiger partial charge in [-0.05, 0) is 37.0 Å². The maximum absolute atomic E-state index is 11.7. The summed E-state index contributed by atoms with van der Waals surface area (Å²) in [5.74, 6) is 0.408. The standard InChI is InChI=1S/C15H23NO3/c1-10(2)9-14(15(18)19-4)16-11(3)12-5-7-13(17)8-6-12/h5-8,10-11,14,16-17H,9H2,1-4H3. The molecule has 2 N–H and O–H groups in total. The van der Waals surface area contributed by atoms with Crippen LogP contribution in [0, 0.1) is 5.92 Å². The highest BCUT2D eigenvalue weighted by Crippen LogP contribution is 2.18. The van der Waals surface area contributed by atoms with Crippen LogP contribution in [-0.2, 0) is 9.53 Å². The molecular weight excluding hydrogens is 242 g/mol. The molecule has 2 atom stereocenters. The van der Waals surface area contributed by atoms with Gasteiger partial charge in [-0.25, -0.2) is 0 Å². The number of methoxy groups -OCH3 is 1. The molecule has 0 aromatic heterocycles. The average Bonchev–Trinajstić information content (AvgIpc) is 2.37. The number of carbonyl (C=O) groups excluding carboxylic acids is 1. The van der Waals surface area contributed by atoms with Crippen LogP contribution in [-0.4, -0.2) is 24.2 Å². The van der Waals surface area contributed by atoms with E-state index in [0.29, 0.717) is 5.92 Å². The fraction of sp³-hybridized carbons (Fsp3) is 0.533. The number of ether oxygens (including phenoxy) is 1. The lowest BCUT2D eigenvalue weighted by molar-refractivity contribution is -0.143. The maximum Gasteiger partial charge on any atom is 0.322 e. The molecule has 0 fully saturated rings. The zero-order valence-electron chi connectivity index (χ0n) is 12.0. The quantitative estimate of drug-likeness (QED) is 0.776. The molecule has 1 rings (SSSR count). The molecule has 0 aliphatic heterocycles. The van der Waals surface area contributed by atoms with E-state index < -0.39 is 0 Å². The second kappa shape index (κ2) is 7.14. The molecule has 2 unspecified atom stereocenters. The third kappa shape index (κ3) is 4.91. The summed E-state index contributed by atoms with van der Waals surface area (Å²) in [6.45, 7) is 6.13. The minimum Gasteiger partial charge on any atom is -0.508 e. The van der Waals surface area contributed by atoms with Gasteiger partial charge in [-0.15, -0.1) is 0 Å². The molecule has 0 saturated carbocycles. The van der Waals surface area contributed by atoms with E-state index in [2.05, 4.69) is 19.2 Å². The van der Waals surface area contributed by atoms with E-state index in [1.165, 1.54) is 7.11 Å². The first-order valence-corrected chi connectivity index (χ1v) is 6.56. The van der Waals surface area contributed by atoms with Crippen molar-refractivity contribution in [3.05, 3.63) is 29.8 Å². The Hall–Kier alpha value is -1.55. The monoisotopic (exact) mass is 265 g/mol. The van der Waals surface area contributed by atoms with Crippen molar-refractivity contribution < 1.29 is 14.6 Å². The molecule has 0 aliphatic rings. The van der Waals surface area contributed by atoms with Gasteiger partial charge in [-0.2, -0.15) is 0 Å². The van der Waals surface area contributed by atoms with E-state index >= 15 is 0 Å². The summed E-state index contributed by atoms with van der Waals surface area (Å²) >= 11 is 0. The van der Waals surface area contributed by atoms with Crippen molar-refractivity contribution in [3.8, 4) is 5.75 Å². The van der Waals surface area contributed by atoms with Crippen LogP contribution in [0.4, 0.5) is 0 Å². The lowest BCUT2D eigenvalue weighted by Gasteiger charge is -2.23. The van der Waals surface area contributed by atoms with Crippen molar-refractivity contribution in [1.82, 2.24) is 5.32 Å². The fourth-order valence-corrected chi connectivity index (χ4v) is 2.01. The number of phenols is 1. The maximum atomic E-state index is 11.7. The van der Waals surface area contributed by atoms with Crippen LogP contribution in [0.2, 0.25) is 0 Å². The number of nitrogens with one attached hydrogen (secondary N) is 1. The minimum absolute atomic E-state index is 0.0171. The van der Waals surface area contributed by atoms with Gasteiger partial charge in [0.1, 0.15) is 11.8 Å². The van der Waals surface area contributed by atoms with Gasteiger partial charge in [0.2, 0.25) is 0 Å². The number of hydrogen-bond donors (Lipinski definition) is 2. The summed E-state index contributed by atoms with van der Waals surface area (Å²) in [5.41, 5.74) is 1.02. The third-order valence-corrected chi connectivity index (χ3v) is 3.04. The normalized spacial score (nSPS) is 14.2. The van der Waals surface area contributed by atoms with E-state index in [1.807, 2.05) is 19.1 Å². The zero-order valence-corrected chi connectivity index (χ0v) is 12.0. The molecule has 19 heavy (non-hydrogen) atoms. The summed E-state index contributed by atoms with van der Waals surface area (Å²) in [5, 5.41) is 12.5. The Labute approximate surface area is 114 Å². The molecule has 4 nitrogen and oxygen atoms in total. The van der Waals surface area contributed by atoms with E-state index in [9.17, 15) is 9.90 Å². The largest absolute Gasteiger partial charge is 0.508 e. The van der Waals surface area contributed by atoms with E-state index in [0.717, 1.165) is 12.0 Å². The topological polar surface area (TPSA) is 58.6 Å². The van der Waals surface area contributed by atoms with Crippen LogP contribution >= 0.6 is 0 Å². The summed E-state index contributed by atoms with van der Waals surface area (Å²) in [6.07, 6.45) is 0.731. The molecule has 0 radical (unpaired) electrons. The lowest BCUT2D eigenvalue weighted by Crippen LogP contribution is -2.40. The predicted octanol–water partition coefficient (Wildman–Crippen LogP) is 2.63. The molecule has 106 valence electrons. The second-order valence-corrected chi connectivity index (χ2v) is 5.19. The van der Waals surface area contributed by atoms with Crippen molar-refractivity contribution in [2.75, 3.05) is 7.11 Å². The number of carbonyl (C=O) groups is 1. The molecule has 1 aromatic rings. The molecule has 0 amide bonds. The van der Waals surface area contributed by atoms with Crippen LogP contribution in [0.1, 0.15) is 38.8 Å². The van der Waals surface area contributed by atoms with Crippen LogP contribution in [0.15, 0.2) is 24.3 Å². The summed E-state index contributed by atoms with van der Waals surface area (Å²) in [6, 6.07) is 6.68. The number of benzene rings is 1. The first-order valence-electron chi connectivity index (χ1n) is 6.56. The van der Waals surface area contributed by atoms with Crippen molar-refractivity contribution in [2.24, 2.45) is 5.92 Å². The van der Waals surface area contributed by atoms with Gasteiger partial charge < -0.3 is 9.84 Å². The Balaban J connectivity index is 2.72. The van der Waals surface area contributed by atoms with E-state index in [-0.39, 0.29) is 23.8 Å². The number of rotatable bonds is 6. The van der Waals surface area contributed by atoms with Gasteiger partial charge in [0, 0.05) is 6.04 Å². The van der Waals surface area contributed by atoms with Crippen LogP contribution < -0.4 is 5.32 Å². The van der Waals surface area contributed by atoms with Crippen LogP contribution in [0.5, 0.6) is 5.75 Å².